The lowest BCUT2D eigenvalue weighted by atomic mass is 9.87. The van der Waals surface area contributed by atoms with E-state index in [1.165, 1.54) is 12.8 Å². The Morgan fingerprint density at radius 2 is 1.77 bits per heavy atom. The second-order valence-electron chi connectivity index (χ2n) is 8.56. The molecule has 0 unspecified atom stereocenters. The van der Waals surface area contributed by atoms with Gasteiger partial charge in [-0.2, -0.15) is 0 Å². The third kappa shape index (κ3) is 4.53. The summed E-state index contributed by atoms with van der Waals surface area (Å²) in [5, 5.41) is 3.11. The van der Waals surface area contributed by atoms with Gasteiger partial charge in [-0.15, -0.1) is 0 Å². The van der Waals surface area contributed by atoms with E-state index >= 15 is 0 Å². The highest BCUT2D eigenvalue weighted by Crippen LogP contribution is 2.42. The van der Waals surface area contributed by atoms with Gasteiger partial charge in [-0.05, 0) is 43.9 Å². The van der Waals surface area contributed by atoms with Crippen LogP contribution in [0.15, 0.2) is 42.5 Å². The van der Waals surface area contributed by atoms with Gasteiger partial charge >= 0.3 is 0 Å². The molecule has 2 aromatic rings. The molecule has 2 aliphatic rings. The zero-order valence-corrected chi connectivity index (χ0v) is 18.4. The number of ether oxygens (including phenoxy) is 2. The maximum Gasteiger partial charge on any atom is 0.253 e. The van der Waals surface area contributed by atoms with Gasteiger partial charge in [-0.1, -0.05) is 29.8 Å². The molecule has 164 valence electrons. The number of para-hydroxylation sites is 1. The fourth-order valence-corrected chi connectivity index (χ4v) is 4.33. The monoisotopic (exact) mass is 422 g/mol. The van der Waals surface area contributed by atoms with E-state index < -0.39 is 0 Å². The first-order valence-electron chi connectivity index (χ1n) is 10.9. The van der Waals surface area contributed by atoms with Crippen LogP contribution in [-0.4, -0.2) is 50.6 Å². The van der Waals surface area contributed by atoms with Crippen molar-refractivity contribution < 1.29 is 19.1 Å². The number of amides is 2. The second kappa shape index (κ2) is 9.00. The predicted molar refractivity (Wildman–Crippen MR) is 119 cm³/mol. The quantitative estimate of drug-likeness (QED) is 0.743. The van der Waals surface area contributed by atoms with Gasteiger partial charge in [0.15, 0.2) is 11.5 Å². The van der Waals surface area contributed by atoms with Crippen LogP contribution in [0.1, 0.15) is 40.2 Å². The molecule has 0 aromatic heterocycles. The standard InChI is InChI=1S/C25H30N2O4/c1-16-7-11-18(12-8-16)25(29)27-14-20(19-5-4-6-22(30-2)23(19)31-3)21(15-27)24(28)26-13-17-9-10-17/h4-8,11-12,17,20-21H,9-10,13-15H2,1-3H3,(H,26,28)/t20-,21-/m0/s1. The van der Waals surface area contributed by atoms with Crippen LogP contribution in [-0.2, 0) is 4.79 Å². The highest BCUT2D eigenvalue weighted by molar-refractivity contribution is 5.95. The minimum atomic E-state index is -0.339. The molecule has 2 atom stereocenters. The molecular weight excluding hydrogens is 392 g/mol. The summed E-state index contributed by atoms with van der Waals surface area (Å²) in [7, 11) is 3.21. The van der Waals surface area contributed by atoms with Gasteiger partial charge in [0.05, 0.1) is 20.1 Å². The van der Waals surface area contributed by atoms with Crippen molar-refractivity contribution in [1.82, 2.24) is 10.2 Å². The van der Waals surface area contributed by atoms with E-state index in [0.717, 1.165) is 11.1 Å². The lowest BCUT2D eigenvalue weighted by Gasteiger charge is -2.21. The van der Waals surface area contributed by atoms with Crippen LogP contribution in [0.4, 0.5) is 0 Å². The van der Waals surface area contributed by atoms with Crippen molar-refractivity contribution in [3.05, 3.63) is 59.2 Å². The molecule has 0 radical (unpaired) electrons. The van der Waals surface area contributed by atoms with Crippen LogP contribution in [0, 0.1) is 18.8 Å². The van der Waals surface area contributed by atoms with Crippen molar-refractivity contribution in [3.63, 3.8) is 0 Å². The first-order chi connectivity index (χ1) is 15.0. The lowest BCUT2D eigenvalue weighted by molar-refractivity contribution is -0.125. The lowest BCUT2D eigenvalue weighted by Crippen LogP contribution is -2.36. The molecule has 2 aromatic carbocycles. The highest BCUT2D eigenvalue weighted by atomic mass is 16.5. The normalized spacial score (nSPS) is 20.4. The summed E-state index contributed by atoms with van der Waals surface area (Å²) in [5.41, 5.74) is 2.64. The van der Waals surface area contributed by atoms with E-state index in [-0.39, 0.29) is 23.7 Å². The molecule has 6 heteroatoms. The third-order valence-electron chi connectivity index (χ3n) is 6.34. The topological polar surface area (TPSA) is 67.9 Å². The van der Waals surface area contributed by atoms with Gasteiger partial charge in [-0.3, -0.25) is 9.59 Å². The molecule has 2 amide bonds. The molecule has 1 N–H and O–H groups in total. The molecule has 1 heterocycles. The van der Waals surface area contributed by atoms with Gasteiger partial charge in [0, 0.05) is 36.7 Å². The second-order valence-corrected chi connectivity index (χ2v) is 8.56. The Hall–Kier alpha value is -3.02. The van der Waals surface area contributed by atoms with Crippen molar-refractivity contribution in [2.45, 2.75) is 25.7 Å². The van der Waals surface area contributed by atoms with E-state index in [0.29, 0.717) is 42.6 Å². The van der Waals surface area contributed by atoms with Crippen molar-refractivity contribution in [2.24, 2.45) is 11.8 Å². The zero-order chi connectivity index (χ0) is 22.0. The Morgan fingerprint density at radius 3 is 2.42 bits per heavy atom. The molecule has 31 heavy (non-hydrogen) atoms. The van der Waals surface area contributed by atoms with Crippen molar-refractivity contribution in [1.29, 1.82) is 0 Å². The van der Waals surface area contributed by atoms with Crippen LogP contribution in [0.25, 0.3) is 0 Å². The SMILES string of the molecule is COc1cccc([C@@H]2CN(C(=O)c3ccc(C)cc3)C[C@@H]2C(=O)NCC2CC2)c1OC. The molecule has 1 saturated heterocycles. The van der Waals surface area contributed by atoms with Gasteiger partial charge in [0.25, 0.3) is 5.91 Å². The first kappa shape index (κ1) is 21.2. The minimum Gasteiger partial charge on any atom is -0.493 e. The van der Waals surface area contributed by atoms with Crippen LogP contribution in [0.2, 0.25) is 0 Å². The average Bonchev–Trinajstić information content (AvgIpc) is 3.52. The maximum atomic E-state index is 13.2. The van der Waals surface area contributed by atoms with Gasteiger partial charge in [0.1, 0.15) is 0 Å². The van der Waals surface area contributed by atoms with Crippen molar-refractivity contribution in [2.75, 3.05) is 33.9 Å². The van der Waals surface area contributed by atoms with Gasteiger partial charge in [0.2, 0.25) is 5.91 Å². The molecule has 1 saturated carbocycles. The molecule has 1 aliphatic heterocycles. The predicted octanol–water partition coefficient (Wildman–Crippen LogP) is 3.39. The number of nitrogens with zero attached hydrogens (tertiary/aromatic N) is 1. The maximum absolute atomic E-state index is 13.2. The Bertz CT molecular complexity index is 952. The fourth-order valence-electron chi connectivity index (χ4n) is 4.33. The number of likely N-dealkylation sites (tertiary alicyclic amines) is 1. The fraction of sp³-hybridized carbons (Fsp3) is 0.440. The largest absolute Gasteiger partial charge is 0.493 e. The number of methoxy groups -OCH3 is 2. The number of hydrogen-bond acceptors (Lipinski definition) is 4. The Kier molecular flexibility index (Phi) is 6.16. The number of hydrogen-bond donors (Lipinski definition) is 1. The summed E-state index contributed by atoms with van der Waals surface area (Å²) >= 11 is 0. The Balaban J connectivity index is 1.62. The van der Waals surface area contributed by atoms with Gasteiger partial charge in [-0.25, -0.2) is 0 Å². The van der Waals surface area contributed by atoms with Crippen LogP contribution < -0.4 is 14.8 Å². The summed E-state index contributed by atoms with van der Waals surface area (Å²) < 4.78 is 11.1. The van der Waals surface area contributed by atoms with Crippen molar-refractivity contribution in [3.8, 4) is 11.5 Å². The Labute approximate surface area is 183 Å². The van der Waals surface area contributed by atoms with E-state index in [1.807, 2.05) is 49.4 Å². The smallest absolute Gasteiger partial charge is 0.253 e. The zero-order valence-electron chi connectivity index (χ0n) is 18.4. The molecule has 2 fully saturated rings. The number of nitrogens with one attached hydrogen (secondary N) is 1. The van der Waals surface area contributed by atoms with E-state index in [9.17, 15) is 9.59 Å². The van der Waals surface area contributed by atoms with E-state index in [1.54, 1.807) is 19.1 Å². The van der Waals surface area contributed by atoms with Crippen LogP contribution >= 0.6 is 0 Å². The third-order valence-corrected chi connectivity index (χ3v) is 6.34. The molecule has 6 nitrogen and oxygen atoms in total. The first-order valence-corrected chi connectivity index (χ1v) is 10.9. The van der Waals surface area contributed by atoms with E-state index in [2.05, 4.69) is 5.32 Å². The molecular formula is C25H30N2O4. The average molecular weight is 423 g/mol. The Morgan fingerprint density at radius 1 is 1.03 bits per heavy atom. The van der Waals surface area contributed by atoms with Gasteiger partial charge < -0.3 is 19.7 Å². The number of rotatable bonds is 7. The van der Waals surface area contributed by atoms with Crippen LogP contribution in [0.5, 0.6) is 11.5 Å². The molecule has 1 aliphatic carbocycles. The summed E-state index contributed by atoms with van der Waals surface area (Å²) in [6.45, 7) is 3.55. The summed E-state index contributed by atoms with van der Waals surface area (Å²) in [5.74, 6) is 1.29. The van der Waals surface area contributed by atoms with Crippen LogP contribution in [0.3, 0.4) is 0 Å². The number of carbonyl (C=O) groups excluding carboxylic acids is 2. The number of carbonyl (C=O) groups is 2. The number of aryl methyl sites for hydroxylation is 1. The molecule has 0 spiro atoms. The van der Waals surface area contributed by atoms with E-state index in [4.69, 9.17) is 9.47 Å². The summed E-state index contributed by atoms with van der Waals surface area (Å²) in [4.78, 5) is 28.1. The summed E-state index contributed by atoms with van der Waals surface area (Å²) in [6.07, 6.45) is 2.35. The molecule has 0 bridgehead atoms. The minimum absolute atomic E-state index is 0.000907. The molecule has 4 rings (SSSR count). The highest BCUT2D eigenvalue weighted by Gasteiger charge is 2.42. The van der Waals surface area contributed by atoms with Crippen molar-refractivity contribution >= 4 is 11.8 Å². The summed E-state index contributed by atoms with van der Waals surface area (Å²) in [6, 6.07) is 13.3. The number of benzene rings is 2.